The summed E-state index contributed by atoms with van der Waals surface area (Å²) < 4.78 is 5.95. The van der Waals surface area contributed by atoms with Crippen molar-refractivity contribution >= 4 is 0 Å². The molecule has 1 saturated heterocycles. The predicted molar refractivity (Wildman–Crippen MR) is 69.9 cm³/mol. The van der Waals surface area contributed by atoms with Gasteiger partial charge in [-0.25, -0.2) is 0 Å². The second-order valence-electron chi connectivity index (χ2n) is 4.47. The van der Waals surface area contributed by atoms with Crippen LogP contribution in [0.25, 0.3) is 0 Å². The normalized spacial score (nSPS) is 18.2. The van der Waals surface area contributed by atoms with Crippen LogP contribution in [0.5, 0.6) is 5.75 Å². The maximum Gasteiger partial charge on any atom is 0.119 e. The zero-order valence-corrected chi connectivity index (χ0v) is 10.6. The summed E-state index contributed by atoms with van der Waals surface area (Å²) in [6.07, 6.45) is 4.74. The summed E-state index contributed by atoms with van der Waals surface area (Å²) in [5, 5.41) is 0. The Labute approximate surface area is 104 Å². The highest BCUT2D eigenvalue weighted by molar-refractivity contribution is 5.20. The van der Waals surface area contributed by atoms with Crippen molar-refractivity contribution in [2.24, 2.45) is 0 Å². The van der Waals surface area contributed by atoms with Crippen molar-refractivity contribution in [1.82, 2.24) is 4.90 Å². The Bertz CT molecular complexity index is 364. The molecule has 2 heteroatoms. The predicted octanol–water partition coefficient (Wildman–Crippen LogP) is 3.25. The molecule has 0 aromatic heterocycles. The third-order valence-corrected chi connectivity index (χ3v) is 3.35. The number of allylic oxidation sites excluding steroid dienone is 2. The van der Waals surface area contributed by atoms with Gasteiger partial charge in [-0.3, -0.25) is 0 Å². The molecule has 1 aliphatic rings. The van der Waals surface area contributed by atoms with Gasteiger partial charge in [0.15, 0.2) is 0 Å². The number of hydrogen-bond donors (Lipinski definition) is 0. The maximum absolute atomic E-state index is 5.95. The molecule has 0 bridgehead atoms. The van der Waals surface area contributed by atoms with Crippen molar-refractivity contribution in [2.75, 3.05) is 13.1 Å². The Kier molecular flexibility index (Phi) is 4.08. The quantitative estimate of drug-likeness (QED) is 0.790. The van der Waals surface area contributed by atoms with Gasteiger partial charge in [0.05, 0.1) is 0 Å². The molecule has 2 rings (SSSR count). The molecular formula is C15H20NO. The molecule has 0 N–H and O–H groups in total. The van der Waals surface area contributed by atoms with Crippen LogP contribution >= 0.6 is 0 Å². The van der Waals surface area contributed by atoms with E-state index in [9.17, 15) is 0 Å². The minimum Gasteiger partial charge on any atom is -0.490 e. The molecule has 91 valence electrons. The Morgan fingerprint density at radius 1 is 1.35 bits per heavy atom. The summed E-state index contributed by atoms with van der Waals surface area (Å²) in [5.74, 6) is 0.963. The van der Waals surface area contributed by atoms with Gasteiger partial charge in [0, 0.05) is 31.6 Å². The standard InChI is InChI=1S/C15H20NO/c1-3-13(2)16-11-9-15(10-12-16)17-14-7-5-4-6-8-14/h3,5-8,15H,9-12H2,1-2H3. The van der Waals surface area contributed by atoms with Crippen molar-refractivity contribution in [1.29, 1.82) is 0 Å². The average Bonchev–Trinajstić information content (AvgIpc) is 2.40. The van der Waals surface area contributed by atoms with E-state index in [1.165, 1.54) is 5.70 Å². The summed E-state index contributed by atoms with van der Waals surface area (Å²) >= 11 is 0. The number of rotatable bonds is 3. The number of benzene rings is 1. The second kappa shape index (κ2) is 5.76. The lowest BCUT2D eigenvalue weighted by molar-refractivity contribution is 0.117. The number of likely N-dealkylation sites (tertiary alicyclic amines) is 1. The molecule has 2 nitrogen and oxygen atoms in total. The summed E-state index contributed by atoms with van der Waals surface area (Å²) in [5.41, 5.74) is 1.37. The van der Waals surface area contributed by atoms with Gasteiger partial charge in [-0.15, -0.1) is 0 Å². The topological polar surface area (TPSA) is 12.5 Å². The van der Waals surface area contributed by atoms with Crippen molar-refractivity contribution < 1.29 is 4.74 Å². The van der Waals surface area contributed by atoms with E-state index in [4.69, 9.17) is 4.74 Å². The van der Waals surface area contributed by atoms with E-state index in [1.807, 2.05) is 24.3 Å². The Balaban J connectivity index is 1.84. The maximum atomic E-state index is 5.95. The number of nitrogens with zero attached hydrogens (tertiary/aromatic N) is 1. The minimum absolute atomic E-state index is 0.360. The molecule has 1 aliphatic heterocycles. The van der Waals surface area contributed by atoms with Gasteiger partial charge in [0.1, 0.15) is 11.9 Å². The molecule has 0 spiro atoms. The second-order valence-corrected chi connectivity index (χ2v) is 4.47. The van der Waals surface area contributed by atoms with E-state index in [-0.39, 0.29) is 0 Å². The third kappa shape index (κ3) is 3.26. The molecule has 0 saturated carbocycles. The van der Waals surface area contributed by atoms with Crippen LogP contribution in [0, 0.1) is 6.07 Å². The van der Waals surface area contributed by atoms with Gasteiger partial charge in [-0.1, -0.05) is 18.2 Å². The van der Waals surface area contributed by atoms with E-state index in [1.54, 1.807) is 0 Å². The first-order valence-electron chi connectivity index (χ1n) is 6.30. The van der Waals surface area contributed by atoms with E-state index in [0.717, 1.165) is 31.7 Å². The molecule has 1 fully saturated rings. The van der Waals surface area contributed by atoms with Gasteiger partial charge in [0.25, 0.3) is 0 Å². The Morgan fingerprint density at radius 3 is 2.59 bits per heavy atom. The number of hydrogen-bond acceptors (Lipinski definition) is 2. The van der Waals surface area contributed by atoms with Crippen LogP contribution in [-0.2, 0) is 0 Å². The fourth-order valence-corrected chi connectivity index (χ4v) is 2.15. The molecular weight excluding hydrogens is 210 g/mol. The van der Waals surface area contributed by atoms with E-state index in [2.05, 4.69) is 30.9 Å². The molecule has 1 radical (unpaired) electrons. The van der Waals surface area contributed by atoms with E-state index in [0.29, 0.717) is 6.10 Å². The highest BCUT2D eigenvalue weighted by Crippen LogP contribution is 2.20. The van der Waals surface area contributed by atoms with Crippen LogP contribution in [0.2, 0.25) is 0 Å². The van der Waals surface area contributed by atoms with Gasteiger partial charge in [-0.2, -0.15) is 0 Å². The Hall–Kier alpha value is -1.44. The molecule has 0 aliphatic carbocycles. The molecule has 0 amide bonds. The lowest BCUT2D eigenvalue weighted by atomic mass is 10.1. The molecule has 1 aromatic carbocycles. The fraction of sp³-hybridized carbons (Fsp3) is 0.467. The highest BCUT2D eigenvalue weighted by atomic mass is 16.5. The van der Waals surface area contributed by atoms with Crippen molar-refractivity contribution in [2.45, 2.75) is 32.8 Å². The van der Waals surface area contributed by atoms with Crippen LogP contribution in [0.3, 0.4) is 0 Å². The third-order valence-electron chi connectivity index (χ3n) is 3.35. The largest absolute Gasteiger partial charge is 0.490 e. The van der Waals surface area contributed by atoms with Gasteiger partial charge < -0.3 is 9.64 Å². The van der Waals surface area contributed by atoms with Crippen LogP contribution in [0.1, 0.15) is 26.7 Å². The number of piperidine rings is 1. The van der Waals surface area contributed by atoms with Crippen LogP contribution in [0.4, 0.5) is 0 Å². The molecule has 1 heterocycles. The van der Waals surface area contributed by atoms with E-state index >= 15 is 0 Å². The van der Waals surface area contributed by atoms with Crippen LogP contribution < -0.4 is 4.74 Å². The zero-order valence-electron chi connectivity index (χ0n) is 10.6. The number of ether oxygens (including phenoxy) is 1. The molecule has 0 unspecified atom stereocenters. The summed E-state index contributed by atoms with van der Waals surface area (Å²) in [4.78, 5) is 2.43. The summed E-state index contributed by atoms with van der Waals surface area (Å²) in [6, 6.07) is 10.7. The zero-order chi connectivity index (χ0) is 12.1. The van der Waals surface area contributed by atoms with Crippen molar-refractivity contribution in [3.63, 3.8) is 0 Å². The lowest BCUT2D eigenvalue weighted by Gasteiger charge is -2.34. The smallest absolute Gasteiger partial charge is 0.119 e. The first-order chi connectivity index (χ1) is 8.29. The van der Waals surface area contributed by atoms with Crippen LogP contribution in [-0.4, -0.2) is 24.1 Å². The first-order valence-corrected chi connectivity index (χ1v) is 6.30. The van der Waals surface area contributed by atoms with E-state index < -0.39 is 0 Å². The SMILES string of the molecule is CC=C(C)N1CCC(Oc2cc[c]cc2)CC1. The average molecular weight is 230 g/mol. The molecule has 1 aromatic rings. The van der Waals surface area contributed by atoms with Gasteiger partial charge in [0.2, 0.25) is 0 Å². The fourth-order valence-electron chi connectivity index (χ4n) is 2.15. The lowest BCUT2D eigenvalue weighted by Crippen LogP contribution is -2.37. The van der Waals surface area contributed by atoms with Crippen molar-refractivity contribution in [3.05, 3.63) is 42.1 Å². The van der Waals surface area contributed by atoms with Gasteiger partial charge >= 0.3 is 0 Å². The summed E-state index contributed by atoms with van der Waals surface area (Å²) in [6.45, 7) is 6.46. The van der Waals surface area contributed by atoms with Gasteiger partial charge in [-0.05, 0) is 32.0 Å². The van der Waals surface area contributed by atoms with Crippen molar-refractivity contribution in [3.8, 4) is 5.75 Å². The molecule has 17 heavy (non-hydrogen) atoms. The molecule has 0 atom stereocenters. The monoisotopic (exact) mass is 230 g/mol. The Morgan fingerprint density at radius 2 is 2.00 bits per heavy atom. The highest BCUT2D eigenvalue weighted by Gasteiger charge is 2.20. The first kappa shape index (κ1) is 12.0. The minimum atomic E-state index is 0.360. The van der Waals surface area contributed by atoms with Crippen LogP contribution in [0.15, 0.2) is 36.0 Å². The summed E-state index contributed by atoms with van der Waals surface area (Å²) in [7, 11) is 0.